The lowest BCUT2D eigenvalue weighted by atomic mass is 10.2. The van der Waals surface area contributed by atoms with Crippen molar-refractivity contribution in [2.75, 3.05) is 5.32 Å². The third-order valence-electron chi connectivity index (χ3n) is 2.84. The Bertz CT molecular complexity index is 835. The summed E-state index contributed by atoms with van der Waals surface area (Å²) in [5.41, 5.74) is 1.05. The third-order valence-corrected chi connectivity index (χ3v) is 3.60. The maximum Gasteiger partial charge on any atom is 0.279 e. The summed E-state index contributed by atoms with van der Waals surface area (Å²) in [6.07, 6.45) is 1.35. The molecule has 5 nitrogen and oxygen atoms in total. The molecule has 110 valence electrons. The monoisotopic (exact) mass is 315 g/mol. The van der Waals surface area contributed by atoms with E-state index in [1.807, 2.05) is 0 Å². The standard InChI is InChI=1S/C15H10FN3O2S/c16-11-5-2-6-17-13(11)14(21)19-15-18-12(8-22-15)9-3-1-4-10(20)7-9/h1-8,20H,(H,18,19,21). The van der Waals surface area contributed by atoms with E-state index in [2.05, 4.69) is 15.3 Å². The van der Waals surface area contributed by atoms with Crippen LogP contribution in [0.5, 0.6) is 5.75 Å². The molecule has 0 unspecified atom stereocenters. The van der Waals surface area contributed by atoms with Crippen molar-refractivity contribution in [3.05, 3.63) is 59.5 Å². The van der Waals surface area contributed by atoms with E-state index >= 15 is 0 Å². The molecule has 7 heteroatoms. The molecule has 0 saturated heterocycles. The predicted octanol–water partition coefficient (Wildman–Crippen LogP) is 3.30. The molecule has 2 aromatic heterocycles. The van der Waals surface area contributed by atoms with Crippen LogP contribution in [0, 0.1) is 5.82 Å². The lowest BCUT2D eigenvalue weighted by Gasteiger charge is -2.01. The Morgan fingerprint density at radius 3 is 2.91 bits per heavy atom. The van der Waals surface area contributed by atoms with Crippen LogP contribution in [-0.4, -0.2) is 21.0 Å². The van der Waals surface area contributed by atoms with E-state index < -0.39 is 11.7 Å². The molecule has 22 heavy (non-hydrogen) atoms. The maximum absolute atomic E-state index is 13.5. The van der Waals surface area contributed by atoms with Crippen molar-refractivity contribution < 1.29 is 14.3 Å². The van der Waals surface area contributed by atoms with Gasteiger partial charge in [0, 0.05) is 17.1 Å². The Morgan fingerprint density at radius 1 is 1.27 bits per heavy atom. The number of halogens is 1. The molecule has 0 aliphatic rings. The van der Waals surface area contributed by atoms with Crippen molar-refractivity contribution in [2.24, 2.45) is 0 Å². The number of pyridine rings is 1. The molecular formula is C15H10FN3O2S. The van der Waals surface area contributed by atoms with E-state index in [9.17, 15) is 14.3 Å². The van der Waals surface area contributed by atoms with Gasteiger partial charge in [0.1, 0.15) is 5.75 Å². The van der Waals surface area contributed by atoms with Gasteiger partial charge in [0.15, 0.2) is 16.6 Å². The van der Waals surface area contributed by atoms with Crippen LogP contribution in [0.4, 0.5) is 9.52 Å². The van der Waals surface area contributed by atoms with Crippen molar-refractivity contribution >= 4 is 22.4 Å². The number of benzene rings is 1. The van der Waals surface area contributed by atoms with Crippen molar-refractivity contribution in [3.63, 3.8) is 0 Å². The van der Waals surface area contributed by atoms with E-state index in [1.54, 1.807) is 29.6 Å². The third kappa shape index (κ3) is 2.94. The molecular weight excluding hydrogens is 305 g/mol. The molecule has 0 bridgehead atoms. The van der Waals surface area contributed by atoms with Crippen LogP contribution in [-0.2, 0) is 0 Å². The highest BCUT2D eigenvalue weighted by molar-refractivity contribution is 7.14. The highest BCUT2D eigenvalue weighted by Gasteiger charge is 2.15. The first-order valence-electron chi connectivity index (χ1n) is 6.30. The summed E-state index contributed by atoms with van der Waals surface area (Å²) in [5.74, 6) is -1.22. The highest BCUT2D eigenvalue weighted by atomic mass is 32.1. The van der Waals surface area contributed by atoms with Crippen molar-refractivity contribution in [1.29, 1.82) is 0 Å². The van der Waals surface area contributed by atoms with Gasteiger partial charge in [-0.15, -0.1) is 11.3 Å². The Labute approximate surface area is 129 Å². The van der Waals surface area contributed by atoms with Gasteiger partial charge in [-0.25, -0.2) is 14.4 Å². The van der Waals surface area contributed by atoms with Crippen LogP contribution in [0.25, 0.3) is 11.3 Å². The number of nitrogens with one attached hydrogen (secondary N) is 1. The number of aromatic hydroxyl groups is 1. The summed E-state index contributed by atoms with van der Waals surface area (Å²) < 4.78 is 13.5. The topological polar surface area (TPSA) is 75.1 Å². The maximum atomic E-state index is 13.5. The van der Waals surface area contributed by atoms with Crippen LogP contribution in [0.1, 0.15) is 10.5 Å². The molecule has 0 spiro atoms. The van der Waals surface area contributed by atoms with Gasteiger partial charge in [-0.1, -0.05) is 12.1 Å². The summed E-state index contributed by atoms with van der Waals surface area (Å²) in [6, 6.07) is 9.20. The van der Waals surface area contributed by atoms with Gasteiger partial charge in [-0.2, -0.15) is 0 Å². The molecule has 2 heterocycles. The first-order valence-corrected chi connectivity index (χ1v) is 7.18. The van der Waals surface area contributed by atoms with E-state index in [1.165, 1.54) is 29.7 Å². The quantitative estimate of drug-likeness (QED) is 0.777. The molecule has 0 radical (unpaired) electrons. The molecule has 0 saturated carbocycles. The number of phenols is 1. The smallest absolute Gasteiger partial charge is 0.279 e. The molecule has 0 fully saturated rings. The van der Waals surface area contributed by atoms with E-state index in [-0.39, 0.29) is 11.4 Å². The van der Waals surface area contributed by atoms with Crippen LogP contribution < -0.4 is 5.32 Å². The average molecular weight is 315 g/mol. The van der Waals surface area contributed by atoms with E-state index in [4.69, 9.17) is 0 Å². The second kappa shape index (κ2) is 5.90. The molecule has 3 rings (SSSR count). The molecule has 1 amide bonds. The number of anilines is 1. The number of thiazole rings is 1. The Morgan fingerprint density at radius 2 is 2.14 bits per heavy atom. The number of nitrogens with zero attached hydrogens (tertiary/aromatic N) is 2. The molecule has 0 atom stereocenters. The van der Waals surface area contributed by atoms with Gasteiger partial charge in [0.05, 0.1) is 5.69 Å². The fourth-order valence-electron chi connectivity index (χ4n) is 1.84. The summed E-state index contributed by atoms with van der Waals surface area (Å²) in [4.78, 5) is 19.9. The number of hydrogen-bond donors (Lipinski definition) is 2. The molecule has 0 aliphatic carbocycles. The summed E-state index contributed by atoms with van der Waals surface area (Å²) in [6.45, 7) is 0. The first kappa shape index (κ1) is 14.2. The number of rotatable bonds is 3. The van der Waals surface area contributed by atoms with Gasteiger partial charge in [0.25, 0.3) is 5.91 Å². The Kier molecular flexibility index (Phi) is 3.80. The normalized spacial score (nSPS) is 10.4. The number of hydrogen-bond acceptors (Lipinski definition) is 5. The summed E-state index contributed by atoms with van der Waals surface area (Å²) in [7, 11) is 0. The second-order valence-corrected chi connectivity index (χ2v) is 5.23. The minimum absolute atomic E-state index is 0.131. The van der Waals surface area contributed by atoms with Crippen molar-refractivity contribution in [1.82, 2.24) is 9.97 Å². The van der Waals surface area contributed by atoms with Gasteiger partial charge in [-0.05, 0) is 24.3 Å². The Balaban J connectivity index is 1.80. The minimum atomic E-state index is -0.690. The lowest BCUT2D eigenvalue weighted by molar-refractivity contribution is 0.101. The highest BCUT2D eigenvalue weighted by Crippen LogP contribution is 2.27. The lowest BCUT2D eigenvalue weighted by Crippen LogP contribution is -2.15. The number of carbonyl (C=O) groups is 1. The fourth-order valence-corrected chi connectivity index (χ4v) is 2.55. The zero-order chi connectivity index (χ0) is 15.5. The van der Waals surface area contributed by atoms with E-state index in [0.717, 1.165) is 5.56 Å². The van der Waals surface area contributed by atoms with Crippen molar-refractivity contribution in [2.45, 2.75) is 0 Å². The molecule has 1 aromatic carbocycles. The second-order valence-electron chi connectivity index (χ2n) is 4.38. The van der Waals surface area contributed by atoms with Crippen LogP contribution >= 0.6 is 11.3 Å². The van der Waals surface area contributed by atoms with Gasteiger partial charge in [0.2, 0.25) is 0 Å². The van der Waals surface area contributed by atoms with Gasteiger partial charge >= 0.3 is 0 Å². The zero-order valence-electron chi connectivity index (χ0n) is 11.2. The number of phenolic OH excluding ortho intramolecular Hbond substituents is 1. The number of amides is 1. The predicted molar refractivity (Wildman–Crippen MR) is 81.4 cm³/mol. The van der Waals surface area contributed by atoms with E-state index in [0.29, 0.717) is 10.8 Å². The summed E-state index contributed by atoms with van der Waals surface area (Å²) >= 11 is 1.20. The summed E-state index contributed by atoms with van der Waals surface area (Å²) in [5, 5.41) is 14.0. The molecule has 2 N–H and O–H groups in total. The van der Waals surface area contributed by atoms with Gasteiger partial charge < -0.3 is 5.11 Å². The zero-order valence-corrected chi connectivity index (χ0v) is 12.0. The minimum Gasteiger partial charge on any atom is -0.508 e. The van der Waals surface area contributed by atoms with Crippen LogP contribution in [0.3, 0.4) is 0 Å². The molecule has 3 aromatic rings. The SMILES string of the molecule is O=C(Nc1nc(-c2cccc(O)c2)cs1)c1ncccc1F. The number of carbonyl (C=O) groups excluding carboxylic acids is 1. The average Bonchev–Trinajstić information content (AvgIpc) is 2.96. The molecule has 0 aliphatic heterocycles. The Hall–Kier alpha value is -2.80. The van der Waals surface area contributed by atoms with Crippen LogP contribution in [0.15, 0.2) is 48.0 Å². The first-order chi connectivity index (χ1) is 10.6. The largest absolute Gasteiger partial charge is 0.508 e. The van der Waals surface area contributed by atoms with Gasteiger partial charge in [-0.3, -0.25) is 10.1 Å². The van der Waals surface area contributed by atoms with Crippen molar-refractivity contribution in [3.8, 4) is 17.0 Å². The number of aromatic nitrogens is 2. The van der Waals surface area contributed by atoms with Crippen LogP contribution in [0.2, 0.25) is 0 Å². The fraction of sp³-hybridized carbons (Fsp3) is 0.